The Bertz CT molecular complexity index is 224. The van der Waals surface area contributed by atoms with Crippen LogP contribution in [0, 0.1) is 5.92 Å². The van der Waals surface area contributed by atoms with Crippen LogP contribution < -0.4 is 0 Å². The minimum absolute atomic E-state index is 0.145. The molecule has 1 N–H and O–H groups in total. The van der Waals surface area contributed by atoms with Crippen LogP contribution >= 0.6 is 0 Å². The number of aliphatic hydroxyl groups is 1. The zero-order valence-electron chi connectivity index (χ0n) is 11.3. The molecule has 0 aliphatic heterocycles. The predicted molar refractivity (Wildman–Crippen MR) is 64.2 cm³/mol. The Kier molecular flexibility index (Phi) is 5.97. The van der Waals surface area contributed by atoms with Crippen LogP contribution in [0.4, 0.5) is 0 Å². The van der Waals surface area contributed by atoms with Gasteiger partial charge in [-0.2, -0.15) is 0 Å². The molecular formula is C12H25NO3. The van der Waals surface area contributed by atoms with Crippen molar-refractivity contribution in [1.82, 2.24) is 4.90 Å². The summed E-state index contributed by atoms with van der Waals surface area (Å²) in [4.78, 5) is 13.2. The monoisotopic (exact) mass is 231 g/mol. The van der Waals surface area contributed by atoms with Crippen LogP contribution in [0.3, 0.4) is 0 Å². The number of hydrogen-bond donors (Lipinski definition) is 1. The van der Waals surface area contributed by atoms with E-state index >= 15 is 0 Å². The van der Waals surface area contributed by atoms with Crippen LogP contribution in [0.2, 0.25) is 0 Å². The van der Waals surface area contributed by atoms with E-state index in [0.717, 1.165) is 0 Å². The number of nitrogens with zero attached hydrogens (tertiary/aromatic N) is 1. The van der Waals surface area contributed by atoms with Gasteiger partial charge < -0.3 is 9.84 Å². The Balaban J connectivity index is 4.51. The molecule has 4 nitrogen and oxygen atoms in total. The second-order valence-corrected chi connectivity index (χ2v) is 5.09. The van der Waals surface area contributed by atoms with E-state index in [-0.39, 0.29) is 24.5 Å². The summed E-state index contributed by atoms with van der Waals surface area (Å²) in [7, 11) is 1.38. The zero-order chi connectivity index (χ0) is 12.9. The fourth-order valence-corrected chi connectivity index (χ4v) is 1.25. The molecule has 1 unspecified atom stereocenters. The molecule has 1 atom stereocenters. The molecule has 96 valence electrons. The molecule has 0 radical (unpaired) electrons. The van der Waals surface area contributed by atoms with E-state index in [9.17, 15) is 9.90 Å². The second-order valence-electron chi connectivity index (χ2n) is 5.09. The summed E-state index contributed by atoms with van der Waals surface area (Å²) in [5.41, 5.74) is -0.793. The van der Waals surface area contributed by atoms with Crippen molar-refractivity contribution in [3.8, 4) is 0 Å². The minimum atomic E-state index is -0.793. The molecule has 0 saturated heterocycles. The molecule has 4 heteroatoms. The Hall–Kier alpha value is -0.610. The lowest BCUT2D eigenvalue weighted by atomic mass is 9.91. The first-order valence-electron chi connectivity index (χ1n) is 5.74. The van der Waals surface area contributed by atoms with Gasteiger partial charge in [-0.1, -0.05) is 13.8 Å². The number of hydrogen-bond acceptors (Lipinski definition) is 4. The van der Waals surface area contributed by atoms with E-state index in [1.807, 2.05) is 32.6 Å². The molecule has 0 aromatic carbocycles. The van der Waals surface area contributed by atoms with Gasteiger partial charge in [-0.05, 0) is 26.7 Å². The molecule has 0 fully saturated rings. The van der Waals surface area contributed by atoms with Crippen LogP contribution in [0.1, 0.15) is 34.6 Å². The topological polar surface area (TPSA) is 49.8 Å². The van der Waals surface area contributed by atoms with Crippen LogP contribution in [-0.2, 0) is 9.53 Å². The molecule has 0 aromatic heterocycles. The fourth-order valence-electron chi connectivity index (χ4n) is 1.25. The van der Waals surface area contributed by atoms with Crippen LogP contribution in [0.5, 0.6) is 0 Å². The smallest absolute Gasteiger partial charge is 0.319 e. The number of carbonyl (C=O) groups is 1. The van der Waals surface area contributed by atoms with Gasteiger partial charge in [0, 0.05) is 12.6 Å². The van der Waals surface area contributed by atoms with E-state index in [1.165, 1.54) is 7.11 Å². The maximum absolute atomic E-state index is 11.2. The van der Waals surface area contributed by atoms with Gasteiger partial charge in [0.1, 0.15) is 0 Å². The van der Waals surface area contributed by atoms with Crippen LogP contribution in [-0.4, -0.2) is 47.8 Å². The minimum Gasteiger partial charge on any atom is -0.468 e. The van der Waals surface area contributed by atoms with Crippen LogP contribution in [0.25, 0.3) is 0 Å². The van der Waals surface area contributed by atoms with Crippen LogP contribution in [0.15, 0.2) is 0 Å². The maximum atomic E-state index is 11.2. The zero-order valence-corrected chi connectivity index (χ0v) is 11.3. The average molecular weight is 231 g/mol. The first kappa shape index (κ1) is 15.4. The summed E-state index contributed by atoms with van der Waals surface area (Å²) in [6, 6.07) is 0.198. The molecular weight excluding hydrogens is 206 g/mol. The van der Waals surface area contributed by atoms with Gasteiger partial charge >= 0.3 is 5.97 Å². The average Bonchev–Trinajstić information content (AvgIpc) is 2.15. The summed E-state index contributed by atoms with van der Waals surface area (Å²) < 4.78 is 4.64. The van der Waals surface area contributed by atoms with E-state index in [4.69, 9.17) is 0 Å². The third-order valence-corrected chi connectivity index (χ3v) is 3.06. The highest BCUT2D eigenvalue weighted by Crippen LogP contribution is 2.18. The summed E-state index contributed by atoms with van der Waals surface area (Å²) in [5, 5.41) is 10.2. The third-order valence-electron chi connectivity index (χ3n) is 3.06. The number of esters is 1. The molecule has 0 amide bonds. The SMILES string of the molecule is COC(=O)CN(CC(C)(O)C(C)C)C(C)C. The van der Waals surface area contributed by atoms with Gasteiger partial charge in [0.05, 0.1) is 19.3 Å². The van der Waals surface area contributed by atoms with Gasteiger partial charge in [0.15, 0.2) is 0 Å². The van der Waals surface area contributed by atoms with Crippen molar-refractivity contribution in [2.75, 3.05) is 20.2 Å². The highest BCUT2D eigenvalue weighted by atomic mass is 16.5. The normalized spacial score (nSPS) is 15.6. The fraction of sp³-hybridized carbons (Fsp3) is 0.917. The van der Waals surface area contributed by atoms with Crippen molar-refractivity contribution in [3.05, 3.63) is 0 Å². The van der Waals surface area contributed by atoms with Gasteiger partial charge in [0.25, 0.3) is 0 Å². The summed E-state index contributed by atoms with van der Waals surface area (Å²) in [6.45, 7) is 10.4. The predicted octanol–water partition coefficient (Wildman–Crippen LogP) is 1.28. The van der Waals surface area contributed by atoms with Crippen molar-refractivity contribution in [1.29, 1.82) is 0 Å². The third kappa shape index (κ3) is 4.94. The number of carbonyl (C=O) groups excluding carboxylic acids is 1. The first-order chi connectivity index (χ1) is 7.20. The number of rotatable bonds is 6. The first-order valence-corrected chi connectivity index (χ1v) is 5.74. The van der Waals surface area contributed by atoms with Gasteiger partial charge in [-0.15, -0.1) is 0 Å². The van der Waals surface area contributed by atoms with E-state index in [2.05, 4.69) is 4.74 Å². The summed E-state index contributed by atoms with van der Waals surface area (Å²) in [6.07, 6.45) is 0. The van der Waals surface area contributed by atoms with Crippen molar-refractivity contribution < 1.29 is 14.6 Å². The summed E-state index contributed by atoms with van der Waals surface area (Å²) >= 11 is 0. The highest BCUT2D eigenvalue weighted by molar-refractivity contribution is 5.71. The van der Waals surface area contributed by atoms with E-state index in [0.29, 0.717) is 6.54 Å². The molecule has 0 aliphatic carbocycles. The molecule has 16 heavy (non-hydrogen) atoms. The van der Waals surface area contributed by atoms with Crippen molar-refractivity contribution in [3.63, 3.8) is 0 Å². The Morgan fingerprint density at radius 3 is 2.19 bits per heavy atom. The number of ether oxygens (including phenoxy) is 1. The Morgan fingerprint density at radius 2 is 1.88 bits per heavy atom. The van der Waals surface area contributed by atoms with Crippen molar-refractivity contribution in [2.45, 2.75) is 46.3 Å². The lowest BCUT2D eigenvalue weighted by molar-refractivity contribution is -0.143. The largest absolute Gasteiger partial charge is 0.468 e. The second kappa shape index (κ2) is 6.21. The van der Waals surface area contributed by atoms with E-state index in [1.54, 1.807) is 6.92 Å². The molecule has 0 rings (SSSR count). The molecule has 0 aliphatic rings. The molecule has 0 bridgehead atoms. The summed E-state index contributed by atoms with van der Waals surface area (Å²) in [5.74, 6) is -0.125. The van der Waals surface area contributed by atoms with E-state index < -0.39 is 5.60 Å². The maximum Gasteiger partial charge on any atom is 0.319 e. The Labute approximate surface area is 98.6 Å². The highest BCUT2D eigenvalue weighted by Gasteiger charge is 2.29. The Morgan fingerprint density at radius 1 is 1.38 bits per heavy atom. The van der Waals surface area contributed by atoms with Crippen molar-refractivity contribution >= 4 is 5.97 Å². The van der Waals surface area contributed by atoms with Gasteiger partial charge in [-0.25, -0.2) is 0 Å². The standard InChI is InChI=1S/C12H25NO3/c1-9(2)12(5,15)8-13(10(3)4)7-11(14)16-6/h9-10,15H,7-8H2,1-6H3. The molecule has 0 saturated carbocycles. The lowest BCUT2D eigenvalue weighted by Gasteiger charge is -2.35. The molecule has 0 aromatic rings. The quantitative estimate of drug-likeness (QED) is 0.700. The molecule has 0 spiro atoms. The van der Waals surface area contributed by atoms with Crippen molar-refractivity contribution in [2.24, 2.45) is 5.92 Å². The number of methoxy groups -OCH3 is 1. The molecule has 0 heterocycles. The van der Waals surface area contributed by atoms with Gasteiger partial charge in [-0.3, -0.25) is 9.69 Å². The lowest BCUT2D eigenvalue weighted by Crippen LogP contribution is -2.48. The van der Waals surface area contributed by atoms with Gasteiger partial charge in [0.2, 0.25) is 0 Å².